The summed E-state index contributed by atoms with van der Waals surface area (Å²) in [6.45, 7) is 6.94. The van der Waals surface area contributed by atoms with E-state index in [9.17, 15) is 14.4 Å². The molecule has 0 aliphatic heterocycles. The quantitative estimate of drug-likeness (QED) is 0.729. The lowest BCUT2D eigenvalue weighted by atomic mass is 10.0. The third-order valence-electron chi connectivity index (χ3n) is 4.18. The van der Waals surface area contributed by atoms with Gasteiger partial charge >= 0.3 is 5.97 Å². The number of amides is 2. The molecule has 2 rings (SSSR count). The second kappa shape index (κ2) is 9.02. The predicted molar refractivity (Wildman–Crippen MR) is 100 cm³/mol. The van der Waals surface area contributed by atoms with E-state index in [1.54, 1.807) is 26.0 Å². The Balaban J connectivity index is 1.92. The molecule has 7 nitrogen and oxygen atoms in total. The van der Waals surface area contributed by atoms with Gasteiger partial charge < -0.3 is 19.8 Å². The van der Waals surface area contributed by atoms with Crippen LogP contribution in [0.25, 0.3) is 0 Å². The molecule has 0 unspecified atom stereocenters. The summed E-state index contributed by atoms with van der Waals surface area (Å²) in [6.07, 6.45) is 1.37. The second-order valence-electron chi connectivity index (χ2n) is 6.58. The first-order valence-corrected chi connectivity index (χ1v) is 8.66. The molecule has 0 saturated heterocycles. The summed E-state index contributed by atoms with van der Waals surface area (Å²) >= 11 is 0. The normalized spacial score (nSPS) is 11.7. The maximum Gasteiger partial charge on any atom is 0.329 e. The van der Waals surface area contributed by atoms with E-state index in [0.29, 0.717) is 5.69 Å². The zero-order valence-electron chi connectivity index (χ0n) is 15.9. The lowest BCUT2D eigenvalue weighted by Gasteiger charge is -2.20. The van der Waals surface area contributed by atoms with Crippen LogP contribution < -0.4 is 10.6 Å². The number of aryl methyl sites for hydroxylation is 1. The van der Waals surface area contributed by atoms with E-state index in [1.165, 1.54) is 12.3 Å². The van der Waals surface area contributed by atoms with Crippen molar-refractivity contribution in [2.24, 2.45) is 5.92 Å². The fourth-order valence-electron chi connectivity index (χ4n) is 2.42. The first-order chi connectivity index (χ1) is 12.8. The summed E-state index contributed by atoms with van der Waals surface area (Å²) < 4.78 is 10.1. The Bertz CT molecular complexity index is 812. The van der Waals surface area contributed by atoms with E-state index in [4.69, 9.17) is 9.15 Å². The van der Waals surface area contributed by atoms with Crippen LogP contribution in [0.2, 0.25) is 0 Å². The van der Waals surface area contributed by atoms with E-state index in [1.807, 2.05) is 26.0 Å². The molecule has 1 aromatic carbocycles. The molecule has 144 valence electrons. The van der Waals surface area contributed by atoms with Crippen molar-refractivity contribution in [2.75, 3.05) is 11.9 Å². The molecule has 2 aromatic rings. The Morgan fingerprint density at radius 3 is 2.48 bits per heavy atom. The van der Waals surface area contributed by atoms with Crippen LogP contribution in [0.4, 0.5) is 5.69 Å². The Morgan fingerprint density at radius 2 is 1.85 bits per heavy atom. The van der Waals surface area contributed by atoms with Crippen molar-refractivity contribution in [1.82, 2.24) is 5.32 Å². The minimum Gasteiger partial charge on any atom is -0.459 e. The summed E-state index contributed by atoms with van der Waals surface area (Å²) in [5.41, 5.74) is 2.66. The van der Waals surface area contributed by atoms with Crippen molar-refractivity contribution in [2.45, 2.75) is 33.7 Å². The van der Waals surface area contributed by atoms with Gasteiger partial charge in [0.2, 0.25) is 0 Å². The molecule has 0 bridgehead atoms. The summed E-state index contributed by atoms with van der Waals surface area (Å²) in [4.78, 5) is 36.5. The van der Waals surface area contributed by atoms with Crippen LogP contribution in [0.5, 0.6) is 0 Å². The number of anilines is 1. The Labute approximate surface area is 158 Å². The Kier molecular flexibility index (Phi) is 6.76. The summed E-state index contributed by atoms with van der Waals surface area (Å²) in [5.74, 6) is -1.77. The summed E-state index contributed by atoms with van der Waals surface area (Å²) in [6, 6.07) is 7.74. The molecular weight excluding hydrogens is 348 g/mol. The molecule has 0 aliphatic rings. The van der Waals surface area contributed by atoms with Crippen molar-refractivity contribution >= 4 is 23.5 Å². The molecule has 1 atom stereocenters. The Hall–Kier alpha value is -3.09. The van der Waals surface area contributed by atoms with E-state index in [-0.39, 0.29) is 11.7 Å². The van der Waals surface area contributed by atoms with Gasteiger partial charge in [0.1, 0.15) is 6.04 Å². The monoisotopic (exact) mass is 372 g/mol. The number of ether oxygens (including phenoxy) is 1. The average Bonchev–Trinajstić information content (AvgIpc) is 3.16. The highest BCUT2D eigenvalue weighted by molar-refractivity contribution is 5.96. The van der Waals surface area contributed by atoms with Gasteiger partial charge in [-0.15, -0.1) is 0 Å². The number of carbonyl (C=O) groups excluding carboxylic acids is 3. The van der Waals surface area contributed by atoms with E-state index in [2.05, 4.69) is 10.6 Å². The van der Waals surface area contributed by atoms with Crippen molar-refractivity contribution in [3.05, 3.63) is 53.5 Å². The van der Waals surface area contributed by atoms with E-state index in [0.717, 1.165) is 11.1 Å². The molecule has 7 heteroatoms. The molecule has 1 aromatic heterocycles. The fraction of sp³-hybridized carbons (Fsp3) is 0.350. The van der Waals surface area contributed by atoms with E-state index < -0.39 is 30.4 Å². The van der Waals surface area contributed by atoms with Gasteiger partial charge in [-0.1, -0.05) is 26.0 Å². The van der Waals surface area contributed by atoms with Crippen LogP contribution in [-0.2, 0) is 14.3 Å². The molecule has 0 spiro atoms. The summed E-state index contributed by atoms with van der Waals surface area (Å²) in [7, 11) is 0. The number of hydrogen-bond acceptors (Lipinski definition) is 5. The fourth-order valence-corrected chi connectivity index (χ4v) is 2.42. The molecule has 1 heterocycles. The zero-order chi connectivity index (χ0) is 20.0. The second-order valence-corrected chi connectivity index (χ2v) is 6.58. The topological polar surface area (TPSA) is 97.6 Å². The molecule has 0 fully saturated rings. The van der Waals surface area contributed by atoms with Crippen molar-refractivity contribution in [1.29, 1.82) is 0 Å². The number of benzene rings is 1. The molecule has 0 saturated carbocycles. The number of hydrogen-bond donors (Lipinski definition) is 2. The van der Waals surface area contributed by atoms with E-state index >= 15 is 0 Å². The molecule has 0 aliphatic carbocycles. The highest BCUT2D eigenvalue weighted by atomic mass is 16.5. The largest absolute Gasteiger partial charge is 0.459 e. The van der Waals surface area contributed by atoms with Gasteiger partial charge in [-0.25, -0.2) is 4.79 Å². The molecule has 0 radical (unpaired) electrons. The molecule has 2 N–H and O–H groups in total. The summed E-state index contributed by atoms with van der Waals surface area (Å²) in [5, 5.41) is 5.29. The standard InChI is InChI=1S/C20H24N2O5/c1-12(2)18(22-19(24)16-9-6-10-26-16)20(25)27-11-17(23)21-15-8-5-7-13(3)14(15)4/h5-10,12,18H,11H2,1-4H3,(H,21,23)(H,22,24)/t18-/m0/s1. The van der Waals surface area contributed by atoms with Gasteiger partial charge in [0.05, 0.1) is 6.26 Å². The van der Waals surface area contributed by atoms with Gasteiger partial charge in [-0.2, -0.15) is 0 Å². The van der Waals surface area contributed by atoms with Crippen LogP contribution in [0.3, 0.4) is 0 Å². The number of nitrogens with one attached hydrogen (secondary N) is 2. The predicted octanol–water partition coefficient (Wildman–Crippen LogP) is 2.83. The number of furan rings is 1. The molecular formula is C20H24N2O5. The highest BCUT2D eigenvalue weighted by Crippen LogP contribution is 2.17. The lowest BCUT2D eigenvalue weighted by molar-refractivity contribution is -0.150. The highest BCUT2D eigenvalue weighted by Gasteiger charge is 2.27. The molecule has 2 amide bonds. The van der Waals surface area contributed by atoms with Crippen LogP contribution >= 0.6 is 0 Å². The van der Waals surface area contributed by atoms with Gasteiger partial charge in [-0.3, -0.25) is 9.59 Å². The Morgan fingerprint density at radius 1 is 1.11 bits per heavy atom. The van der Waals surface area contributed by atoms with Crippen molar-refractivity contribution in [3.8, 4) is 0 Å². The molecule has 27 heavy (non-hydrogen) atoms. The zero-order valence-corrected chi connectivity index (χ0v) is 15.9. The van der Waals surface area contributed by atoms with Crippen molar-refractivity contribution < 1.29 is 23.5 Å². The van der Waals surface area contributed by atoms with Gasteiger partial charge in [0.15, 0.2) is 12.4 Å². The first kappa shape index (κ1) is 20.2. The van der Waals surface area contributed by atoms with Crippen LogP contribution in [0.1, 0.15) is 35.5 Å². The maximum atomic E-state index is 12.3. The lowest BCUT2D eigenvalue weighted by Crippen LogP contribution is -2.45. The maximum absolute atomic E-state index is 12.3. The number of esters is 1. The van der Waals surface area contributed by atoms with Crippen LogP contribution in [0.15, 0.2) is 41.0 Å². The third-order valence-corrected chi connectivity index (χ3v) is 4.18. The van der Waals surface area contributed by atoms with Gasteiger partial charge in [-0.05, 0) is 49.1 Å². The van der Waals surface area contributed by atoms with Gasteiger partial charge in [0.25, 0.3) is 11.8 Å². The smallest absolute Gasteiger partial charge is 0.329 e. The first-order valence-electron chi connectivity index (χ1n) is 8.66. The van der Waals surface area contributed by atoms with Gasteiger partial charge in [0, 0.05) is 5.69 Å². The number of rotatable bonds is 7. The van der Waals surface area contributed by atoms with Crippen molar-refractivity contribution in [3.63, 3.8) is 0 Å². The minimum absolute atomic E-state index is 0.0983. The van der Waals surface area contributed by atoms with Crippen LogP contribution in [-0.4, -0.2) is 30.4 Å². The third kappa shape index (κ3) is 5.44. The minimum atomic E-state index is -0.892. The van der Waals surface area contributed by atoms with Crippen LogP contribution in [0, 0.1) is 19.8 Å². The SMILES string of the molecule is Cc1cccc(NC(=O)COC(=O)[C@@H](NC(=O)c2ccco2)C(C)C)c1C. The average molecular weight is 372 g/mol. The number of carbonyl (C=O) groups is 3.